The third kappa shape index (κ3) is 6.65. The van der Waals surface area contributed by atoms with E-state index in [9.17, 15) is 9.18 Å². The molecule has 0 aliphatic carbocycles. The maximum Gasteiger partial charge on any atom is 0.273 e. The van der Waals surface area contributed by atoms with Gasteiger partial charge in [-0.05, 0) is 55.7 Å². The van der Waals surface area contributed by atoms with E-state index >= 15 is 0 Å². The van der Waals surface area contributed by atoms with E-state index in [1.165, 1.54) is 18.4 Å². The third-order valence-electron chi connectivity index (χ3n) is 5.32. The Morgan fingerprint density at radius 1 is 1.09 bits per heavy atom. The maximum absolute atomic E-state index is 13.0. The van der Waals surface area contributed by atoms with Crippen LogP contribution in [0.1, 0.15) is 54.7 Å². The van der Waals surface area contributed by atoms with Crippen molar-refractivity contribution in [1.29, 1.82) is 0 Å². The summed E-state index contributed by atoms with van der Waals surface area (Å²) < 4.78 is 24.1. The SMILES string of the molecule is CCOc1ccc(CN(Cc2nc(C(=O)NCc3ccc(F)cc3)co2)C(C)CC)cc1. The molecule has 3 aromatic rings. The van der Waals surface area contributed by atoms with Crippen molar-refractivity contribution < 1.29 is 18.3 Å². The van der Waals surface area contributed by atoms with Crippen molar-refractivity contribution in [3.63, 3.8) is 0 Å². The Morgan fingerprint density at radius 2 is 1.78 bits per heavy atom. The van der Waals surface area contributed by atoms with E-state index in [1.54, 1.807) is 12.1 Å². The van der Waals surface area contributed by atoms with Crippen molar-refractivity contribution in [2.75, 3.05) is 6.61 Å². The molecule has 0 saturated carbocycles. The van der Waals surface area contributed by atoms with Crippen molar-refractivity contribution in [3.05, 3.63) is 83.3 Å². The van der Waals surface area contributed by atoms with Crippen LogP contribution in [-0.2, 0) is 19.6 Å². The van der Waals surface area contributed by atoms with E-state index in [-0.39, 0.29) is 24.0 Å². The largest absolute Gasteiger partial charge is 0.494 e. The zero-order valence-corrected chi connectivity index (χ0v) is 18.8. The molecule has 1 aromatic heterocycles. The molecule has 0 bridgehead atoms. The Labute approximate surface area is 188 Å². The molecule has 0 aliphatic heterocycles. The standard InChI is InChI=1S/C25H30FN3O3/c1-4-18(3)29(15-20-8-12-22(13-9-20)31-5-2)16-24-28-23(17-32-24)25(30)27-14-19-6-10-21(26)11-7-19/h6-13,17-18H,4-5,14-16H2,1-3H3,(H,27,30). The van der Waals surface area contributed by atoms with Gasteiger partial charge in [0.25, 0.3) is 5.91 Å². The third-order valence-corrected chi connectivity index (χ3v) is 5.32. The minimum atomic E-state index is -0.328. The van der Waals surface area contributed by atoms with Crippen LogP contribution in [0, 0.1) is 5.82 Å². The van der Waals surface area contributed by atoms with E-state index in [0.29, 0.717) is 25.1 Å². The van der Waals surface area contributed by atoms with Crippen molar-refractivity contribution >= 4 is 5.91 Å². The fraction of sp³-hybridized carbons (Fsp3) is 0.360. The first-order valence-electron chi connectivity index (χ1n) is 10.9. The molecule has 1 amide bonds. The molecule has 6 nitrogen and oxygen atoms in total. The zero-order valence-electron chi connectivity index (χ0n) is 18.8. The summed E-state index contributed by atoms with van der Waals surface area (Å²) in [5.41, 5.74) is 2.20. The van der Waals surface area contributed by atoms with Crippen LogP contribution in [0.4, 0.5) is 4.39 Å². The Bertz CT molecular complexity index is 986. The van der Waals surface area contributed by atoms with Crippen LogP contribution in [0.3, 0.4) is 0 Å². The van der Waals surface area contributed by atoms with E-state index in [4.69, 9.17) is 9.15 Å². The maximum atomic E-state index is 13.0. The number of rotatable bonds is 11. The van der Waals surface area contributed by atoms with Crippen molar-refractivity contribution in [3.8, 4) is 5.75 Å². The number of nitrogens with one attached hydrogen (secondary N) is 1. The molecule has 170 valence electrons. The number of carbonyl (C=O) groups excluding carboxylic acids is 1. The van der Waals surface area contributed by atoms with E-state index in [1.807, 2.05) is 19.1 Å². The van der Waals surface area contributed by atoms with Crippen LogP contribution in [-0.4, -0.2) is 28.4 Å². The fourth-order valence-electron chi connectivity index (χ4n) is 3.25. The second kappa shape index (κ2) is 11.4. The average Bonchev–Trinajstić information content (AvgIpc) is 3.27. The first-order chi connectivity index (χ1) is 15.5. The van der Waals surface area contributed by atoms with Gasteiger partial charge in [0, 0.05) is 19.1 Å². The molecular weight excluding hydrogens is 409 g/mol. The molecule has 7 heteroatoms. The first kappa shape index (κ1) is 23.5. The number of benzene rings is 2. The van der Waals surface area contributed by atoms with E-state index < -0.39 is 0 Å². The van der Waals surface area contributed by atoms with Crippen LogP contribution in [0.15, 0.2) is 59.2 Å². The fourth-order valence-corrected chi connectivity index (χ4v) is 3.25. The number of oxazole rings is 1. The molecule has 1 unspecified atom stereocenters. The first-order valence-corrected chi connectivity index (χ1v) is 10.9. The Hall–Kier alpha value is -3.19. The van der Waals surface area contributed by atoms with Crippen molar-refractivity contribution in [2.45, 2.75) is 52.9 Å². The quantitative estimate of drug-likeness (QED) is 0.458. The van der Waals surface area contributed by atoms with Crippen molar-refractivity contribution in [1.82, 2.24) is 15.2 Å². The van der Waals surface area contributed by atoms with Gasteiger partial charge in [0.05, 0.1) is 13.2 Å². The van der Waals surface area contributed by atoms with E-state index in [2.05, 4.69) is 41.2 Å². The summed E-state index contributed by atoms with van der Waals surface area (Å²) in [5, 5.41) is 2.78. The van der Waals surface area contributed by atoms with Crippen LogP contribution < -0.4 is 10.1 Å². The minimum absolute atomic E-state index is 0.229. The summed E-state index contributed by atoms with van der Waals surface area (Å²) in [4.78, 5) is 19.1. The second-order valence-electron chi connectivity index (χ2n) is 7.67. The predicted molar refractivity (Wildman–Crippen MR) is 121 cm³/mol. The van der Waals surface area contributed by atoms with Crippen LogP contribution >= 0.6 is 0 Å². The smallest absolute Gasteiger partial charge is 0.273 e. The molecule has 1 atom stereocenters. The van der Waals surface area contributed by atoms with Gasteiger partial charge < -0.3 is 14.5 Å². The van der Waals surface area contributed by atoms with Crippen molar-refractivity contribution in [2.24, 2.45) is 0 Å². The van der Waals surface area contributed by atoms with Gasteiger partial charge in [-0.2, -0.15) is 0 Å². The highest BCUT2D eigenvalue weighted by Crippen LogP contribution is 2.18. The summed E-state index contributed by atoms with van der Waals surface area (Å²) in [5.74, 6) is 0.710. The average molecular weight is 440 g/mol. The summed E-state index contributed by atoms with van der Waals surface area (Å²) in [7, 11) is 0. The summed E-state index contributed by atoms with van der Waals surface area (Å²) >= 11 is 0. The highest BCUT2D eigenvalue weighted by atomic mass is 19.1. The Morgan fingerprint density at radius 3 is 2.44 bits per heavy atom. The van der Waals surface area contributed by atoms with Crippen LogP contribution in [0.5, 0.6) is 5.75 Å². The Balaban J connectivity index is 1.60. The van der Waals surface area contributed by atoms with Gasteiger partial charge in [0.1, 0.15) is 17.8 Å². The molecule has 0 spiro atoms. The molecular formula is C25H30FN3O3. The molecule has 3 rings (SSSR count). The number of halogens is 1. The summed E-state index contributed by atoms with van der Waals surface area (Å²) in [6.07, 6.45) is 2.35. The lowest BCUT2D eigenvalue weighted by molar-refractivity contribution is 0.0945. The number of ether oxygens (including phenoxy) is 1. The van der Waals surface area contributed by atoms with Gasteiger partial charge in [-0.1, -0.05) is 31.2 Å². The number of hydrogen-bond donors (Lipinski definition) is 1. The molecule has 32 heavy (non-hydrogen) atoms. The molecule has 0 saturated heterocycles. The molecule has 0 fully saturated rings. The lowest BCUT2D eigenvalue weighted by atomic mass is 10.1. The van der Waals surface area contributed by atoms with Gasteiger partial charge in [-0.3, -0.25) is 9.69 Å². The van der Waals surface area contributed by atoms with Gasteiger partial charge in [0.2, 0.25) is 5.89 Å². The molecule has 1 N–H and O–H groups in total. The number of hydrogen-bond acceptors (Lipinski definition) is 5. The summed E-state index contributed by atoms with van der Waals surface area (Å²) in [6.45, 7) is 8.42. The lowest BCUT2D eigenvalue weighted by Crippen LogP contribution is -2.31. The summed E-state index contributed by atoms with van der Waals surface area (Å²) in [6, 6.07) is 14.4. The number of nitrogens with zero attached hydrogens (tertiary/aromatic N) is 2. The van der Waals surface area contributed by atoms with Crippen LogP contribution in [0.25, 0.3) is 0 Å². The molecule has 2 aromatic carbocycles. The van der Waals surface area contributed by atoms with Gasteiger partial charge in [0.15, 0.2) is 5.69 Å². The van der Waals surface area contributed by atoms with E-state index in [0.717, 1.165) is 29.8 Å². The topological polar surface area (TPSA) is 67.6 Å². The molecule has 1 heterocycles. The van der Waals surface area contributed by atoms with Gasteiger partial charge >= 0.3 is 0 Å². The molecule has 0 aliphatic rings. The second-order valence-corrected chi connectivity index (χ2v) is 7.67. The normalized spacial score (nSPS) is 12.0. The number of carbonyl (C=O) groups is 1. The highest BCUT2D eigenvalue weighted by Gasteiger charge is 2.18. The zero-order chi connectivity index (χ0) is 22.9. The predicted octanol–water partition coefficient (Wildman–Crippen LogP) is 4.94. The molecule has 0 radical (unpaired) electrons. The monoisotopic (exact) mass is 439 g/mol. The minimum Gasteiger partial charge on any atom is -0.494 e. The number of aromatic nitrogens is 1. The lowest BCUT2D eigenvalue weighted by Gasteiger charge is -2.27. The number of amides is 1. The highest BCUT2D eigenvalue weighted by molar-refractivity contribution is 5.91. The van der Waals surface area contributed by atoms with Crippen LogP contribution in [0.2, 0.25) is 0 Å². The Kier molecular flexibility index (Phi) is 8.39. The van der Waals surface area contributed by atoms with Gasteiger partial charge in [-0.25, -0.2) is 9.37 Å². The van der Waals surface area contributed by atoms with Gasteiger partial charge in [-0.15, -0.1) is 0 Å².